The lowest BCUT2D eigenvalue weighted by Crippen LogP contribution is -2.09. The van der Waals surface area contributed by atoms with E-state index in [9.17, 15) is 9.90 Å². The van der Waals surface area contributed by atoms with Crippen LogP contribution in [0.4, 0.5) is 0 Å². The highest BCUT2D eigenvalue weighted by Crippen LogP contribution is 2.32. The quantitative estimate of drug-likeness (QED) is 0.720. The molecule has 0 aliphatic carbocycles. The van der Waals surface area contributed by atoms with Crippen LogP contribution in [0.1, 0.15) is 5.69 Å². The molecule has 0 fully saturated rings. The summed E-state index contributed by atoms with van der Waals surface area (Å²) in [5.74, 6) is -0.936. The molecule has 2 N–H and O–H groups in total. The van der Waals surface area contributed by atoms with Crippen molar-refractivity contribution in [3.8, 4) is 22.5 Å². The third kappa shape index (κ3) is 3.07. The van der Waals surface area contributed by atoms with Crippen LogP contribution < -0.4 is 0 Å². The number of aliphatic hydroxyl groups excluding tert-OH is 1. The Morgan fingerprint density at radius 3 is 2.67 bits per heavy atom. The number of benzene rings is 1. The van der Waals surface area contributed by atoms with Gasteiger partial charge in [0.1, 0.15) is 6.54 Å². The molecule has 3 aromatic rings. The van der Waals surface area contributed by atoms with E-state index in [-0.39, 0.29) is 13.2 Å². The number of hydrogen-bond donors (Lipinski definition) is 2. The first-order valence-corrected chi connectivity index (χ1v) is 7.57. The molecule has 0 aliphatic rings. The molecule has 0 bridgehead atoms. The summed E-state index contributed by atoms with van der Waals surface area (Å²) in [5, 5.41) is 22.7. The molecule has 0 saturated carbocycles. The Kier molecular flexibility index (Phi) is 4.43. The van der Waals surface area contributed by atoms with Crippen molar-refractivity contribution in [1.29, 1.82) is 0 Å². The third-order valence-corrected chi connectivity index (χ3v) is 3.72. The van der Waals surface area contributed by atoms with Gasteiger partial charge in [-0.05, 0) is 6.92 Å². The normalized spacial score (nSPS) is 10.9. The van der Waals surface area contributed by atoms with Gasteiger partial charge in [-0.1, -0.05) is 30.3 Å². The lowest BCUT2D eigenvalue weighted by atomic mass is 10.1. The van der Waals surface area contributed by atoms with E-state index in [4.69, 9.17) is 5.11 Å². The molecule has 24 heavy (non-hydrogen) atoms. The fourth-order valence-electron chi connectivity index (χ4n) is 2.70. The zero-order valence-electron chi connectivity index (χ0n) is 13.3. The second kappa shape index (κ2) is 6.67. The maximum absolute atomic E-state index is 11.2. The Labute approximate surface area is 138 Å². The first-order valence-electron chi connectivity index (χ1n) is 7.57. The largest absolute Gasteiger partial charge is 0.480 e. The van der Waals surface area contributed by atoms with Crippen molar-refractivity contribution in [2.45, 2.75) is 20.0 Å². The average Bonchev–Trinajstić information content (AvgIpc) is 3.11. The lowest BCUT2D eigenvalue weighted by Gasteiger charge is -2.08. The fourth-order valence-corrected chi connectivity index (χ4v) is 2.70. The fraction of sp³-hybridized carbons (Fsp3) is 0.235. The molecule has 0 radical (unpaired) electrons. The Bertz CT molecular complexity index is 852. The summed E-state index contributed by atoms with van der Waals surface area (Å²) >= 11 is 0. The second-order valence-corrected chi connectivity index (χ2v) is 5.44. The molecule has 0 unspecified atom stereocenters. The number of aliphatic hydroxyl groups is 1. The van der Waals surface area contributed by atoms with Crippen LogP contribution in [0.2, 0.25) is 0 Å². The highest BCUT2D eigenvalue weighted by Gasteiger charge is 2.20. The Balaban J connectivity index is 2.16. The van der Waals surface area contributed by atoms with E-state index in [1.807, 2.05) is 43.5 Å². The number of imidazole rings is 1. The van der Waals surface area contributed by atoms with Crippen LogP contribution in [0.15, 0.2) is 42.9 Å². The number of rotatable bonds is 6. The monoisotopic (exact) mass is 326 g/mol. The third-order valence-electron chi connectivity index (χ3n) is 3.72. The molecule has 2 heterocycles. The van der Waals surface area contributed by atoms with E-state index < -0.39 is 5.97 Å². The number of aliphatic carboxylic acids is 1. The van der Waals surface area contributed by atoms with Crippen LogP contribution in [-0.2, 0) is 17.9 Å². The SMILES string of the molecule is Cc1nn(CCO)cc1-c1c(-c2ccccc2)ncn1CC(=O)O. The van der Waals surface area contributed by atoms with Crippen molar-refractivity contribution in [3.63, 3.8) is 0 Å². The van der Waals surface area contributed by atoms with E-state index in [2.05, 4.69) is 10.1 Å². The average molecular weight is 326 g/mol. The summed E-state index contributed by atoms with van der Waals surface area (Å²) in [6, 6.07) is 9.62. The van der Waals surface area contributed by atoms with Crippen molar-refractivity contribution in [2.24, 2.45) is 0 Å². The minimum Gasteiger partial charge on any atom is -0.480 e. The molecule has 2 aromatic heterocycles. The molecule has 0 spiro atoms. The van der Waals surface area contributed by atoms with Crippen LogP contribution in [-0.4, -0.2) is 42.1 Å². The van der Waals surface area contributed by atoms with Crippen molar-refractivity contribution in [1.82, 2.24) is 19.3 Å². The molecule has 0 atom stereocenters. The smallest absolute Gasteiger partial charge is 0.323 e. The topological polar surface area (TPSA) is 93.2 Å². The van der Waals surface area contributed by atoms with Gasteiger partial charge in [-0.2, -0.15) is 5.10 Å². The van der Waals surface area contributed by atoms with Crippen LogP contribution in [0.3, 0.4) is 0 Å². The molecule has 0 saturated heterocycles. The highest BCUT2D eigenvalue weighted by atomic mass is 16.4. The first kappa shape index (κ1) is 15.9. The molecular weight excluding hydrogens is 308 g/mol. The standard InChI is InChI=1S/C17H18N4O3/c1-12-14(9-21(19-12)7-8-22)17-16(13-5-3-2-4-6-13)18-11-20(17)10-15(23)24/h2-6,9,11,22H,7-8,10H2,1H3,(H,23,24). The zero-order valence-corrected chi connectivity index (χ0v) is 13.3. The van der Waals surface area contributed by atoms with Gasteiger partial charge < -0.3 is 14.8 Å². The minimum absolute atomic E-state index is 0.0134. The van der Waals surface area contributed by atoms with E-state index in [0.29, 0.717) is 17.9 Å². The van der Waals surface area contributed by atoms with Crippen molar-refractivity contribution in [3.05, 3.63) is 48.5 Å². The van der Waals surface area contributed by atoms with Gasteiger partial charge in [0.15, 0.2) is 0 Å². The number of carboxylic acids is 1. The van der Waals surface area contributed by atoms with Gasteiger partial charge >= 0.3 is 5.97 Å². The van der Waals surface area contributed by atoms with Gasteiger partial charge in [0.05, 0.1) is 36.6 Å². The number of nitrogens with zero attached hydrogens (tertiary/aromatic N) is 4. The van der Waals surface area contributed by atoms with Crippen molar-refractivity contribution >= 4 is 5.97 Å². The predicted molar refractivity (Wildman–Crippen MR) is 88.3 cm³/mol. The molecule has 3 rings (SSSR count). The number of carbonyl (C=O) groups is 1. The van der Waals surface area contributed by atoms with Crippen LogP contribution in [0.25, 0.3) is 22.5 Å². The van der Waals surface area contributed by atoms with E-state index in [1.54, 1.807) is 9.25 Å². The number of carboxylic acid groups (broad SMARTS) is 1. The van der Waals surface area contributed by atoms with Gasteiger partial charge in [0.25, 0.3) is 0 Å². The Morgan fingerprint density at radius 1 is 1.25 bits per heavy atom. The Morgan fingerprint density at radius 2 is 2.00 bits per heavy atom. The van der Waals surface area contributed by atoms with Crippen molar-refractivity contribution < 1.29 is 15.0 Å². The van der Waals surface area contributed by atoms with Crippen molar-refractivity contribution in [2.75, 3.05) is 6.61 Å². The summed E-state index contributed by atoms with van der Waals surface area (Å²) in [4.78, 5) is 15.6. The number of aromatic nitrogens is 4. The maximum atomic E-state index is 11.2. The molecule has 7 nitrogen and oxygen atoms in total. The predicted octanol–water partition coefficient (Wildman–Crippen LogP) is 1.80. The van der Waals surface area contributed by atoms with Gasteiger partial charge in [0, 0.05) is 17.3 Å². The van der Waals surface area contributed by atoms with E-state index in [0.717, 1.165) is 16.8 Å². The summed E-state index contributed by atoms with van der Waals surface area (Å²) in [5.41, 5.74) is 3.90. The van der Waals surface area contributed by atoms with Gasteiger partial charge in [-0.15, -0.1) is 0 Å². The summed E-state index contributed by atoms with van der Waals surface area (Å²) in [6.07, 6.45) is 3.35. The molecule has 0 amide bonds. The number of hydrogen-bond acceptors (Lipinski definition) is 4. The van der Waals surface area contributed by atoms with Crippen LogP contribution in [0.5, 0.6) is 0 Å². The highest BCUT2D eigenvalue weighted by molar-refractivity contribution is 5.80. The molecule has 0 aliphatic heterocycles. The van der Waals surface area contributed by atoms with Gasteiger partial charge in [0.2, 0.25) is 0 Å². The lowest BCUT2D eigenvalue weighted by molar-refractivity contribution is -0.137. The van der Waals surface area contributed by atoms with Gasteiger partial charge in [-0.25, -0.2) is 4.98 Å². The van der Waals surface area contributed by atoms with E-state index >= 15 is 0 Å². The summed E-state index contributed by atoms with van der Waals surface area (Å²) < 4.78 is 3.26. The summed E-state index contributed by atoms with van der Waals surface area (Å²) in [7, 11) is 0. The van der Waals surface area contributed by atoms with Crippen LogP contribution in [0, 0.1) is 6.92 Å². The molecule has 1 aromatic carbocycles. The van der Waals surface area contributed by atoms with Gasteiger partial charge in [-0.3, -0.25) is 9.48 Å². The molecular formula is C17H18N4O3. The number of aryl methyl sites for hydroxylation is 1. The zero-order chi connectivity index (χ0) is 17.1. The molecule has 7 heteroatoms. The Hall–Kier alpha value is -2.93. The summed E-state index contributed by atoms with van der Waals surface area (Å²) in [6.45, 7) is 2.05. The first-order chi connectivity index (χ1) is 11.6. The van der Waals surface area contributed by atoms with E-state index in [1.165, 1.54) is 6.33 Å². The second-order valence-electron chi connectivity index (χ2n) is 5.44. The molecule has 124 valence electrons. The minimum atomic E-state index is -0.936. The maximum Gasteiger partial charge on any atom is 0.323 e. The van der Waals surface area contributed by atoms with Crippen LogP contribution >= 0.6 is 0 Å².